The number of morpholine rings is 1. The molecule has 0 spiro atoms. The van der Waals surface area contributed by atoms with Crippen LogP contribution >= 0.6 is 0 Å². The first-order valence-electron chi connectivity index (χ1n) is 13.9. The summed E-state index contributed by atoms with van der Waals surface area (Å²) in [5, 5.41) is 2.67. The molecule has 1 saturated heterocycles. The number of carbonyl (C=O) groups excluding carboxylic acids is 1. The molecule has 41 heavy (non-hydrogen) atoms. The second-order valence-electron chi connectivity index (χ2n) is 11.7. The Morgan fingerprint density at radius 2 is 1.49 bits per heavy atom. The lowest BCUT2D eigenvalue weighted by Crippen LogP contribution is -2.66. The minimum absolute atomic E-state index is 0.0308. The summed E-state index contributed by atoms with van der Waals surface area (Å²) in [6.45, 7) is 11.0. The molecule has 0 radical (unpaired) electrons. The molecule has 220 valence electrons. The van der Waals surface area contributed by atoms with Gasteiger partial charge < -0.3 is 14.1 Å². The zero-order valence-corrected chi connectivity index (χ0v) is 25.9. The molecule has 0 aliphatic carbocycles. The second kappa shape index (κ2) is 12.4. The van der Waals surface area contributed by atoms with Gasteiger partial charge in [-0.3, -0.25) is 9.63 Å². The fourth-order valence-electron chi connectivity index (χ4n) is 5.84. The molecule has 6 nitrogen and oxygen atoms in total. The maximum Gasteiger partial charge on any atom is 0.280 e. The van der Waals surface area contributed by atoms with Crippen molar-refractivity contribution in [2.45, 2.75) is 58.5 Å². The summed E-state index contributed by atoms with van der Waals surface area (Å²) < 4.78 is 44.6. The third-order valence-corrected chi connectivity index (χ3v) is 12.6. The lowest BCUT2D eigenvalue weighted by atomic mass is 10.0. The molecule has 1 aliphatic heterocycles. The Balaban J connectivity index is 1.91. The summed E-state index contributed by atoms with van der Waals surface area (Å²) in [7, 11) is -0.361. The van der Waals surface area contributed by atoms with Crippen molar-refractivity contribution in [1.82, 2.24) is 5.06 Å². The van der Waals surface area contributed by atoms with Gasteiger partial charge in [-0.2, -0.15) is 0 Å². The molecule has 1 amide bonds. The number of anilines is 1. The van der Waals surface area contributed by atoms with Gasteiger partial charge in [-0.05, 0) is 35.3 Å². The van der Waals surface area contributed by atoms with Gasteiger partial charge in [-0.25, -0.2) is 13.8 Å². The Morgan fingerprint density at radius 3 is 1.95 bits per heavy atom. The van der Waals surface area contributed by atoms with Crippen LogP contribution in [-0.4, -0.2) is 58.7 Å². The van der Waals surface area contributed by atoms with E-state index in [-0.39, 0.29) is 29.5 Å². The maximum atomic E-state index is 16.1. The van der Waals surface area contributed by atoms with Crippen LogP contribution in [0.5, 0.6) is 0 Å². The molecule has 0 aromatic heterocycles. The lowest BCUT2D eigenvalue weighted by molar-refractivity contribution is -0.0760. The van der Waals surface area contributed by atoms with E-state index in [1.54, 1.807) is 4.90 Å². The van der Waals surface area contributed by atoms with E-state index in [9.17, 15) is 4.79 Å². The summed E-state index contributed by atoms with van der Waals surface area (Å²) in [6.07, 6.45) is -0.375. The van der Waals surface area contributed by atoms with Crippen molar-refractivity contribution in [1.29, 1.82) is 0 Å². The van der Waals surface area contributed by atoms with Crippen molar-refractivity contribution in [3.8, 4) is 0 Å². The number of nitrogens with zero attached hydrogens (tertiary/aromatic N) is 2. The van der Waals surface area contributed by atoms with Crippen LogP contribution in [0.25, 0.3) is 0 Å². The molecule has 1 heterocycles. The highest BCUT2D eigenvalue weighted by atomic mass is 28.4. The van der Waals surface area contributed by atoms with Crippen molar-refractivity contribution in [2.24, 2.45) is 0 Å². The lowest BCUT2D eigenvalue weighted by Gasteiger charge is -2.43. The number of hydrogen-bond acceptors (Lipinski definition) is 5. The number of amides is 1. The van der Waals surface area contributed by atoms with Crippen LogP contribution < -0.4 is 15.3 Å². The smallest absolute Gasteiger partial charge is 0.280 e. The third kappa shape index (κ3) is 6.09. The minimum Gasteiger partial charge on any atom is -0.403 e. The number of rotatable bonds is 8. The number of ether oxygens (including phenoxy) is 1. The highest BCUT2D eigenvalue weighted by molar-refractivity contribution is 6.99. The molecule has 3 aromatic rings. The zero-order chi connectivity index (χ0) is 29.9. The summed E-state index contributed by atoms with van der Waals surface area (Å²) in [5.41, 5.74) is 0.0797. The molecule has 4 rings (SSSR count). The molecule has 0 bridgehead atoms. The molecular formula is C32H40F2N2O4Si. The van der Waals surface area contributed by atoms with Crippen LogP contribution in [0.2, 0.25) is 5.04 Å². The first-order valence-corrected chi connectivity index (χ1v) is 15.8. The van der Waals surface area contributed by atoms with Crippen molar-refractivity contribution >= 4 is 30.3 Å². The normalized spacial score (nSPS) is 17.9. The Hall–Kier alpha value is -3.11. The average molecular weight is 583 g/mol. The molecule has 1 fully saturated rings. The third-order valence-electron chi connectivity index (χ3n) is 7.65. The topological polar surface area (TPSA) is 51.2 Å². The van der Waals surface area contributed by atoms with Crippen LogP contribution in [-0.2, 0) is 20.6 Å². The van der Waals surface area contributed by atoms with Crippen LogP contribution in [0.1, 0.15) is 50.5 Å². The van der Waals surface area contributed by atoms with E-state index in [0.29, 0.717) is 18.7 Å². The number of benzene rings is 3. The van der Waals surface area contributed by atoms with E-state index in [4.69, 9.17) is 14.0 Å². The van der Waals surface area contributed by atoms with Crippen molar-refractivity contribution < 1.29 is 27.6 Å². The summed E-state index contributed by atoms with van der Waals surface area (Å²) in [4.78, 5) is 19.8. The van der Waals surface area contributed by atoms with Crippen LogP contribution in [0.4, 0.5) is 14.5 Å². The summed E-state index contributed by atoms with van der Waals surface area (Å²) >= 11 is 0. The maximum absolute atomic E-state index is 16.1. The van der Waals surface area contributed by atoms with Gasteiger partial charge in [-0.1, -0.05) is 81.4 Å². The van der Waals surface area contributed by atoms with Crippen LogP contribution in [0.15, 0.2) is 66.7 Å². The van der Waals surface area contributed by atoms with Crippen molar-refractivity contribution in [3.63, 3.8) is 0 Å². The van der Waals surface area contributed by atoms with E-state index in [1.807, 2.05) is 50.2 Å². The van der Waals surface area contributed by atoms with Gasteiger partial charge in [-0.15, -0.1) is 0 Å². The van der Waals surface area contributed by atoms with Gasteiger partial charge in [0.25, 0.3) is 14.2 Å². The van der Waals surface area contributed by atoms with E-state index in [1.165, 1.54) is 20.2 Å². The Kier molecular flexibility index (Phi) is 9.33. The van der Waals surface area contributed by atoms with Crippen LogP contribution in [0, 0.1) is 11.6 Å². The Labute approximate surface area is 242 Å². The Bertz CT molecular complexity index is 1300. The largest absolute Gasteiger partial charge is 0.403 e. The summed E-state index contributed by atoms with van der Waals surface area (Å²) in [5.74, 6) is -3.08. The van der Waals surface area contributed by atoms with Crippen molar-refractivity contribution in [2.75, 3.05) is 32.1 Å². The Morgan fingerprint density at radius 1 is 0.976 bits per heavy atom. The quantitative estimate of drug-likeness (QED) is 0.267. The van der Waals surface area contributed by atoms with Gasteiger partial charge in [0.05, 0.1) is 37.2 Å². The van der Waals surface area contributed by atoms with E-state index in [2.05, 4.69) is 45.0 Å². The first kappa shape index (κ1) is 30.8. The second-order valence-corrected chi connectivity index (χ2v) is 16.0. The molecule has 2 atom stereocenters. The van der Waals surface area contributed by atoms with E-state index in [0.717, 1.165) is 15.4 Å². The fourth-order valence-corrected chi connectivity index (χ4v) is 10.4. The average Bonchev–Trinajstić information content (AvgIpc) is 2.94. The monoisotopic (exact) mass is 582 g/mol. The molecular weight excluding hydrogens is 542 g/mol. The highest BCUT2D eigenvalue weighted by Gasteiger charge is 2.50. The number of halogens is 2. The fraction of sp³-hybridized carbons (Fsp3) is 0.406. The number of hydrogen-bond donors (Lipinski definition) is 0. The highest BCUT2D eigenvalue weighted by Crippen LogP contribution is 2.39. The predicted octanol–water partition coefficient (Wildman–Crippen LogP) is 5.29. The van der Waals surface area contributed by atoms with Gasteiger partial charge in [0.1, 0.15) is 0 Å². The minimum atomic E-state index is -3.02. The standard InChI is InChI=1S/C32H40F2N2O4Si/c1-22-19-36(20-23(2)40-22)30-24(18-27(28(33)29(30)34)31(37)35(6)38-7)21-39-41(32(3,4)5,25-14-10-8-11-15-25)26-16-12-9-13-17-26/h8-18,22-23H,19-21H2,1-7H3. The molecule has 0 saturated carbocycles. The SMILES string of the molecule is CON(C)C(=O)c1cc(CO[Si](c2ccccc2)(c2ccccc2)C(C)(C)C)c(N2CC(C)OC(C)C2)c(F)c1F. The zero-order valence-electron chi connectivity index (χ0n) is 24.9. The van der Waals surface area contributed by atoms with Crippen molar-refractivity contribution in [3.05, 3.63) is 89.5 Å². The molecule has 0 N–H and O–H groups in total. The van der Waals surface area contributed by atoms with E-state index < -0.39 is 31.4 Å². The van der Waals surface area contributed by atoms with Gasteiger partial charge in [0, 0.05) is 25.7 Å². The summed E-state index contributed by atoms with van der Waals surface area (Å²) in [6, 6.07) is 21.6. The van der Waals surface area contributed by atoms with Gasteiger partial charge in [0.15, 0.2) is 11.6 Å². The van der Waals surface area contributed by atoms with E-state index >= 15 is 8.78 Å². The number of hydroxylamine groups is 2. The molecule has 3 aromatic carbocycles. The number of carbonyl (C=O) groups is 1. The first-order chi connectivity index (χ1) is 19.4. The molecule has 2 unspecified atom stereocenters. The van der Waals surface area contributed by atoms with Gasteiger partial charge in [0.2, 0.25) is 0 Å². The molecule has 1 aliphatic rings. The van der Waals surface area contributed by atoms with Crippen LogP contribution in [0.3, 0.4) is 0 Å². The molecule has 9 heteroatoms. The van der Waals surface area contributed by atoms with Gasteiger partial charge >= 0.3 is 0 Å². The predicted molar refractivity (Wildman–Crippen MR) is 160 cm³/mol.